The van der Waals surface area contributed by atoms with Crippen LogP contribution in [-0.4, -0.2) is 15.0 Å². The molecule has 0 aliphatic carbocycles. The first kappa shape index (κ1) is 9.39. The Kier molecular flexibility index (Phi) is 2.21. The lowest BCUT2D eigenvalue weighted by atomic mass is 10.2. The highest BCUT2D eigenvalue weighted by Crippen LogP contribution is 2.11. The van der Waals surface area contributed by atoms with Crippen molar-refractivity contribution in [2.75, 3.05) is 5.73 Å². The minimum Gasteiger partial charge on any atom is -0.383 e. The summed E-state index contributed by atoms with van der Waals surface area (Å²) in [5.74, 6) is 0.584. The van der Waals surface area contributed by atoms with Crippen molar-refractivity contribution in [1.82, 2.24) is 15.0 Å². The van der Waals surface area contributed by atoms with E-state index >= 15 is 0 Å². The van der Waals surface area contributed by atoms with Crippen LogP contribution in [0.15, 0.2) is 29.2 Å². The Labute approximate surface area is 86.0 Å². The van der Waals surface area contributed by atoms with Crippen LogP contribution < -0.4 is 11.3 Å². The smallest absolute Gasteiger partial charge is 0.253 e. The van der Waals surface area contributed by atoms with E-state index in [1.807, 2.05) is 19.1 Å². The number of aryl methyl sites for hydroxylation is 1. The molecule has 0 aliphatic rings. The summed E-state index contributed by atoms with van der Waals surface area (Å²) in [5, 5.41) is 0. The van der Waals surface area contributed by atoms with E-state index in [9.17, 15) is 4.79 Å². The standard InChI is InChI=1S/C10H10N4O/c1-6-2-3-12-7(4-6)10-13-8(11)5-9(15)14-10/h2-5H,1H3,(H3,11,13,14,15). The number of hydrogen-bond acceptors (Lipinski definition) is 4. The van der Waals surface area contributed by atoms with Crippen LogP contribution in [0, 0.1) is 6.92 Å². The van der Waals surface area contributed by atoms with Crippen molar-refractivity contribution in [3.05, 3.63) is 40.3 Å². The molecule has 0 radical (unpaired) electrons. The molecule has 2 rings (SSSR count). The Hall–Kier alpha value is -2.17. The maximum atomic E-state index is 11.2. The third-order valence-electron chi connectivity index (χ3n) is 1.92. The van der Waals surface area contributed by atoms with Crippen molar-refractivity contribution in [1.29, 1.82) is 0 Å². The normalized spacial score (nSPS) is 10.2. The average Bonchev–Trinajstić information content (AvgIpc) is 2.16. The van der Waals surface area contributed by atoms with E-state index < -0.39 is 0 Å². The van der Waals surface area contributed by atoms with E-state index in [1.165, 1.54) is 6.07 Å². The molecule has 0 aliphatic heterocycles. The van der Waals surface area contributed by atoms with Crippen molar-refractivity contribution in [3.8, 4) is 11.5 Å². The van der Waals surface area contributed by atoms with Crippen LogP contribution in [0.3, 0.4) is 0 Å². The lowest BCUT2D eigenvalue weighted by Crippen LogP contribution is -2.10. The van der Waals surface area contributed by atoms with Crippen LogP contribution in [0.2, 0.25) is 0 Å². The van der Waals surface area contributed by atoms with E-state index in [4.69, 9.17) is 5.73 Å². The first-order chi connectivity index (χ1) is 7.15. The highest BCUT2D eigenvalue weighted by Gasteiger charge is 2.03. The van der Waals surface area contributed by atoms with Gasteiger partial charge < -0.3 is 10.7 Å². The van der Waals surface area contributed by atoms with Crippen LogP contribution in [-0.2, 0) is 0 Å². The van der Waals surface area contributed by atoms with Gasteiger partial charge in [-0.15, -0.1) is 0 Å². The summed E-state index contributed by atoms with van der Waals surface area (Å²) in [7, 11) is 0. The number of H-pyrrole nitrogens is 1. The van der Waals surface area contributed by atoms with Crippen molar-refractivity contribution >= 4 is 5.82 Å². The molecule has 5 nitrogen and oxygen atoms in total. The van der Waals surface area contributed by atoms with Gasteiger partial charge in [-0.1, -0.05) is 0 Å². The number of aromatic amines is 1. The summed E-state index contributed by atoms with van der Waals surface area (Å²) in [6.07, 6.45) is 1.66. The lowest BCUT2D eigenvalue weighted by Gasteiger charge is -2.01. The van der Waals surface area contributed by atoms with Crippen molar-refractivity contribution in [2.45, 2.75) is 6.92 Å². The molecular weight excluding hydrogens is 192 g/mol. The number of nitrogens with two attached hydrogens (primary N) is 1. The Morgan fingerprint density at radius 1 is 1.40 bits per heavy atom. The Morgan fingerprint density at radius 3 is 2.87 bits per heavy atom. The summed E-state index contributed by atoms with van der Waals surface area (Å²) in [6, 6.07) is 4.94. The van der Waals surface area contributed by atoms with E-state index in [1.54, 1.807) is 6.20 Å². The van der Waals surface area contributed by atoms with Gasteiger partial charge in [0.2, 0.25) is 0 Å². The zero-order valence-corrected chi connectivity index (χ0v) is 8.19. The summed E-state index contributed by atoms with van der Waals surface area (Å²) in [6.45, 7) is 1.94. The maximum absolute atomic E-state index is 11.2. The third-order valence-corrected chi connectivity index (χ3v) is 1.92. The molecule has 2 heterocycles. The van der Waals surface area contributed by atoms with Gasteiger partial charge in [0.25, 0.3) is 5.56 Å². The Morgan fingerprint density at radius 2 is 2.20 bits per heavy atom. The number of nitrogen functional groups attached to an aromatic ring is 1. The molecule has 5 heteroatoms. The molecule has 15 heavy (non-hydrogen) atoms. The maximum Gasteiger partial charge on any atom is 0.253 e. The fraction of sp³-hybridized carbons (Fsp3) is 0.100. The summed E-state index contributed by atoms with van der Waals surface area (Å²) in [5.41, 5.74) is 6.86. The van der Waals surface area contributed by atoms with Gasteiger partial charge in [-0.2, -0.15) is 0 Å². The average molecular weight is 202 g/mol. The second-order valence-corrected chi connectivity index (χ2v) is 3.24. The molecule has 0 saturated heterocycles. The first-order valence-electron chi connectivity index (χ1n) is 4.45. The molecule has 2 aromatic heterocycles. The van der Waals surface area contributed by atoms with Crippen LogP contribution in [0.4, 0.5) is 5.82 Å². The first-order valence-corrected chi connectivity index (χ1v) is 4.45. The van der Waals surface area contributed by atoms with Gasteiger partial charge >= 0.3 is 0 Å². The summed E-state index contributed by atoms with van der Waals surface area (Å²) >= 11 is 0. The molecule has 0 unspecified atom stereocenters. The highest BCUT2D eigenvalue weighted by molar-refractivity contribution is 5.51. The van der Waals surface area contributed by atoms with E-state index in [2.05, 4.69) is 15.0 Å². The summed E-state index contributed by atoms with van der Waals surface area (Å²) < 4.78 is 0. The predicted octanol–water partition coefficient (Wildman–Crippen LogP) is 0.723. The fourth-order valence-corrected chi connectivity index (χ4v) is 1.26. The van der Waals surface area contributed by atoms with E-state index in [-0.39, 0.29) is 11.4 Å². The minimum absolute atomic E-state index is 0.192. The van der Waals surface area contributed by atoms with Gasteiger partial charge in [-0.05, 0) is 24.6 Å². The van der Waals surface area contributed by atoms with Crippen LogP contribution in [0.5, 0.6) is 0 Å². The molecule has 0 aromatic carbocycles. The van der Waals surface area contributed by atoms with Crippen LogP contribution in [0.1, 0.15) is 5.56 Å². The van der Waals surface area contributed by atoms with E-state index in [0.717, 1.165) is 5.56 Å². The van der Waals surface area contributed by atoms with Gasteiger partial charge in [0.05, 0.1) is 0 Å². The number of nitrogens with zero attached hydrogens (tertiary/aromatic N) is 2. The quantitative estimate of drug-likeness (QED) is 0.713. The molecule has 0 spiro atoms. The molecule has 3 N–H and O–H groups in total. The van der Waals surface area contributed by atoms with Crippen LogP contribution >= 0.6 is 0 Å². The zero-order valence-electron chi connectivity index (χ0n) is 8.19. The largest absolute Gasteiger partial charge is 0.383 e. The number of anilines is 1. The Balaban J connectivity index is 2.59. The second kappa shape index (κ2) is 3.53. The molecule has 0 amide bonds. The SMILES string of the molecule is Cc1ccnc(-c2nc(N)cc(=O)[nH]2)c1. The predicted molar refractivity (Wildman–Crippen MR) is 57.2 cm³/mol. The van der Waals surface area contributed by atoms with Gasteiger partial charge in [0, 0.05) is 12.3 Å². The molecule has 2 aromatic rings. The number of rotatable bonds is 1. The minimum atomic E-state index is -0.277. The second-order valence-electron chi connectivity index (χ2n) is 3.24. The van der Waals surface area contributed by atoms with Gasteiger partial charge in [-0.3, -0.25) is 9.78 Å². The number of hydrogen-bond donors (Lipinski definition) is 2. The number of aromatic nitrogens is 3. The van der Waals surface area contributed by atoms with Crippen molar-refractivity contribution in [2.24, 2.45) is 0 Å². The van der Waals surface area contributed by atoms with Crippen molar-refractivity contribution < 1.29 is 0 Å². The van der Waals surface area contributed by atoms with E-state index in [0.29, 0.717) is 11.5 Å². The number of nitrogens with one attached hydrogen (secondary N) is 1. The van der Waals surface area contributed by atoms with Gasteiger partial charge in [0.1, 0.15) is 11.5 Å². The zero-order chi connectivity index (χ0) is 10.8. The molecule has 0 bridgehead atoms. The molecule has 0 saturated carbocycles. The third kappa shape index (κ3) is 2.01. The molecule has 76 valence electrons. The Bertz CT molecular complexity index is 547. The van der Waals surface area contributed by atoms with Gasteiger partial charge in [-0.25, -0.2) is 4.98 Å². The van der Waals surface area contributed by atoms with Crippen LogP contribution in [0.25, 0.3) is 11.5 Å². The van der Waals surface area contributed by atoms with Crippen molar-refractivity contribution in [3.63, 3.8) is 0 Å². The molecule has 0 fully saturated rings. The highest BCUT2D eigenvalue weighted by atomic mass is 16.1. The number of pyridine rings is 1. The summed E-state index contributed by atoms with van der Waals surface area (Å²) in [4.78, 5) is 21.9. The monoisotopic (exact) mass is 202 g/mol. The molecule has 0 atom stereocenters. The molecular formula is C10H10N4O. The fourth-order valence-electron chi connectivity index (χ4n) is 1.26. The lowest BCUT2D eigenvalue weighted by molar-refractivity contribution is 1.10. The topological polar surface area (TPSA) is 84.7 Å². The van der Waals surface area contributed by atoms with Gasteiger partial charge in [0.15, 0.2) is 5.82 Å².